The molecule has 0 aliphatic carbocycles. The molecule has 1 atom stereocenters. The maximum absolute atomic E-state index is 11.9. The van der Waals surface area contributed by atoms with E-state index in [1.54, 1.807) is 4.90 Å². The SMILES string of the molecule is CC1(C)CCCN(C(=O)C(N)CC(=O)O)C1. The number of carbonyl (C=O) groups is 2. The van der Waals surface area contributed by atoms with E-state index in [2.05, 4.69) is 13.8 Å². The van der Waals surface area contributed by atoms with Gasteiger partial charge in [0.15, 0.2) is 0 Å². The molecule has 5 nitrogen and oxygen atoms in total. The molecule has 1 unspecified atom stereocenters. The van der Waals surface area contributed by atoms with E-state index in [1.807, 2.05) is 0 Å². The van der Waals surface area contributed by atoms with Gasteiger partial charge in [0.2, 0.25) is 5.91 Å². The van der Waals surface area contributed by atoms with Crippen molar-refractivity contribution in [1.29, 1.82) is 0 Å². The molecule has 3 N–H and O–H groups in total. The summed E-state index contributed by atoms with van der Waals surface area (Å²) in [5, 5.41) is 8.58. The highest BCUT2D eigenvalue weighted by molar-refractivity contribution is 5.86. The monoisotopic (exact) mass is 228 g/mol. The molecule has 1 saturated heterocycles. The minimum Gasteiger partial charge on any atom is -0.481 e. The van der Waals surface area contributed by atoms with Crippen molar-refractivity contribution in [3.05, 3.63) is 0 Å². The Balaban J connectivity index is 2.56. The molecule has 1 amide bonds. The third kappa shape index (κ3) is 3.48. The second-order valence-electron chi connectivity index (χ2n) is 5.23. The molecule has 0 aromatic rings. The second kappa shape index (κ2) is 4.82. The lowest BCUT2D eigenvalue weighted by Gasteiger charge is -2.38. The molecule has 0 saturated carbocycles. The smallest absolute Gasteiger partial charge is 0.305 e. The van der Waals surface area contributed by atoms with Crippen LogP contribution in [-0.2, 0) is 9.59 Å². The predicted octanol–water partition coefficient (Wildman–Crippen LogP) is 0.437. The molecule has 1 fully saturated rings. The first kappa shape index (κ1) is 13.0. The van der Waals surface area contributed by atoms with E-state index in [4.69, 9.17) is 10.8 Å². The van der Waals surface area contributed by atoms with Crippen LogP contribution in [0.4, 0.5) is 0 Å². The standard InChI is InChI=1S/C11H20N2O3/c1-11(2)4-3-5-13(7-11)10(16)8(12)6-9(14)15/h8H,3-7,12H2,1-2H3,(H,14,15). The quantitative estimate of drug-likeness (QED) is 0.734. The van der Waals surface area contributed by atoms with Gasteiger partial charge in [0.05, 0.1) is 12.5 Å². The average molecular weight is 228 g/mol. The van der Waals surface area contributed by atoms with Crippen LogP contribution in [0.5, 0.6) is 0 Å². The van der Waals surface area contributed by atoms with Crippen molar-refractivity contribution in [2.45, 2.75) is 39.2 Å². The van der Waals surface area contributed by atoms with Crippen molar-refractivity contribution in [3.63, 3.8) is 0 Å². The fraction of sp³-hybridized carbons (Fsp3) is 0.818. The van der Waals surface area contributed by atoms with Gasteiger partial charge in [-0.1, -0.05) is 13.8 Å². The second-order valence-corrected chi connectivity index (χ2v) is 5.23. The number of carbonyl (C=O) groups excluding carboxylic acids is 1. The van der Waals surface area contributed by atoms with Crippen molar-refractivity contribution in [2.24, 2.45) is 11.1 Å². The number of rotatable bonds is 3. The number of nitrogens with two attached hydrogens (primary N) is 1. The first-order valence-electron chi connectivity index (χ1n) is 5.58. The van der Waals surface area contributed by atoms with E-state index in [0.717, 1.165) is 12.8 Å². The molecule has 1 rings (SSSR count). The van der Waals surface area contributed by atoms with Gasteiger partial charge in [0.25, 0.3) is 0 Å². The van der Waals surface area contributed by atoms with Crippen LogP contribution in [0, 0.1) is 5.41 Å². The van der Waals surface area contributed by atoms with Crippen molar-refractivity contribution in [3.8, 4) is 0 Å². The van der Waals surface area contributed by atoms with Crippen molar-refractivity contribution in [2.75, 3.05) is 13.1 Å². The summed E-state index contributed by atoms with van der Waals surface area (Å²) in [6.45, 7) is 5.57. The molecule has 0 spiro atoms. The van der Waals surface area contributed by atoms with Crippen LogP contribution in [0.1, 0.15) is 33.1 Å². The zero-order chi connectivity index (χ0) is 12.3. The molecule has 0 radical (unpaired) electrons. The Morgan fingerprint density at radius 1 is 1.50 bits per heavy atom. The minimum absolute atomic E-state index is 0.108. The van der Waals surface area contributed by atoms with E-state index < -0.39 is 12.0 Å². The number of carboxylic acids is 1. The van der Waals surface area contributed by atoms with Crippen LogP contribution in [0.3, 0.4) is 0 Å². The van der Waals surface area contributed by atoms with Gasteiger partial charge in [-0.2, -0.15) is 0 Å². The van der Waals surface area contributed by atoms with E-state index >= 15 is 0 Å². The average Bonchev–Trinajstić information content (AvgIpc) is 2.13. The van der Waals surface area contributed by atoms with E-state index in [0.29, 0.717) is 13.1 Å². The van der Waals surface area contributed by atoms with Gasteiger partial charge in [0.1, 0.15) is 0 Å². The summed E-state index contributed by atoms with van der Waals surface area (Å²) in [4.78, 5) is 24.0. The number of nitrogens with zero attached hydrogens (tertiary/aromatic N) is 1. The number of hydrogen-bond acceptors (Lipinski definition) is 3. The van der Waals surface area contributed by atoms with Gasteiger partial charge in [0, 0.05) is 13.1 Å². The molecule has 16 heavy (non-hydrogen) atoms. The number of piperidine rings is 1. The van der Waals surface area contributed by atoms with E-state index in [9.17, 15) is 9.59 Å². The summed E-state index contributed by atoms with van der Waals surface area (Å²) in [6.07, 6.45) is 1.75. The Kier molecular flexibility index (Phi) is 3.91. The fourth-order valence-corrected chi connectivity index (χ4v) is 2.12. The van der Waals surface area contributed by atoms with Crippen LogP contribution in [0.25, 0.3) is 0 Å². The molecule has 1 aliphatic rings. The molecule has 0 bridgehead atoms. The maximum Gasteiger partial charge on any atom is 0.305 e. The van der Waals surface area contributed by atoms with Crippen molar-refractivity contribution >= 4 is 11.9 Å². The first-order valence-corrected chi connectivity index (χ1v) is 5.58. The van der Waals surface area contributed by atoms with Crippen LogP contribution < -0.4 is 5.73 Å². The lowest BCUT2D eigenvalue weighted by Crippen LogP contribution is -2.50. The largest absolute Gasteiger partial charge is 0.481 e. The Morgan fingerprint density at radius 2 is 2.12 bits per heavy atom. The molecule has 0 aromatic carbocycles. The number of aliphatic carboxylic acids is 1. The predicted molar refractivity (Wildman–Crippen MR) is 59.8 cm³/mol. The lowest BCUT2D eigenvalue weighted by atomic mass is 9.84. The Bertz CT molecular complexity index is 289. The highest BCUT2D eigenvalue weighted by atomic mass is 16.4. The van der Waals surface area contributed by atoms with Crippen molar-refractivity contribution in [1.82, 2.24) is 4.90 Å². The topological polar surface area (TPSA) is 83.6 Å². The maximum atomic E-state index is 11.9. The van der Waals surface area contributed by atoms with Gasteiger partial charge in [-0.3, -0.25) is 9.59 Å². The summed E-state index contributed by atoms with van der Waals surface area (Å²) in [5.41, 5.74) is 5.67. The van der Waals surface area contributed by atoms with Gasteiger partial charge in [-0.25, -0.2) is 0 Å². The normalized spacial score (nSPS) is 21.6. The van der Waals surface area contributed by atoms with Crippen LogP contribution in [0.15, 0.2) is 0 Å². The fourth-order valence-electron chi connectivity index (χ4n) is 2.12. The van der Waals surface area contributed by atoms with E-state index in [1.165, 1.54) is 0 Å². The first-order chi connectivity index (χ1) is 7.32. The molecule has 1 aliphatic heterocycles. The summed E-state index contributed by atoms with van der Waals surface area (Å²) >= 11 is 0. The zero-order valence-electron chi connectivity index (χ0n) is 9.90. The van der Waals surface area contributed by atoms with Gasteiger partial charge >= 0.3 is 5.97 Å². The summed E-state index contributed by atoms with van der Waals surface area (Å²) in [6, 6.07) is -0.911. The molecule has 5 heteroatoms. The number of amides is 1. The van der Waals surface area contributed by atoms with Gasteiger partial charge in [-0.05, 0) is 18.3 Å². The molecule has 92 valence electrons. The molecule has 1 heterocycles. The highest BCUT2D eigenvalue weighted by Gasteiger charge is 2.31. The Morgan fingerprint density at radius 3 is 2.62 bits per heavy atom. The van der Waals surface area contributed by atoms with Crippen LogP contribution in [0.2, 0.25) is 0 Å². The summed E-state index contributed by atoms with van der Waals surface area (Å²) < 4.78 is 0. The van der Waals surface area contributed by atoms with Gasteiger partial charge in [-0.15, -0.1) is 0 Å². The van der Waals surface area contributed by atoms with Crippen LogP contribution >= 0.6 is 0 Å². The number of carboxylic acid groups (broad SMARTS) is 1. The summed E-state index contributed by atoms with van der Waals surface area (Å²) in [7, 11) is 0. The highest BCUT2D eigenvalue weighted by Crippen LogP contribution is 2.28. The molecular formula is C11H20N2O3. The zero-order valence-corrected chi connectivity index (χ0v) is 9.90. The number of likely N-dealkylation sites (tertiary alicyclic amines) is 1. The molecule has 0 aromatic heterocycles. The summed E-state index contributed by atoms with van der Waals surface area (Å²) in [5.74, 6) is -1.27. The van der Waals surface area contributed by atoms with Crippen LogP contribution in [-0.4, -0.2) is 41.0 Å². The third-order valence-corrected chi connectivity index (χ3v) is 2.92. The Labute approximate surface area is 95.6 Å². The van der Waals surface area contributed by atoms with Gasteiger partial charge < -0.3 is 15.7 Å². The molecular weight excluding hydrogens is 208 g/mol. The minimum atomic E-state index is -1.03. The number of hydrogen-bond donors (Lipinski definition) is 2. The van der Waals surface area contributed by atoms with Crippen molar-refractivity contribution < 1.29 is 14.7 Å². The lowest BCUT2D eigenvalue weighted by molar-refractivity contribution is -0.143. The Hall–Kier alpha value is -1.10. The third-order valence-electron chi connectivity index (χ3n) is 2.92. The van der Waals surface area contributed by atoms with E-state index in [-0.39, 0.29) is 17.7 Å².